The van der Waals surface area contributed by atoms with Gasteiger partial charge in [0.2, 0.25) is 0 Å². The number of nitrogens with one attached hydrogen (secondary N) is 1. The van der Waals surface area contributed by atoms with E-state index in [1.165, 1.54) is 10.8 Å². The van der Waals surface area contributed by atoms with Crippen molar-refractivity contribution in [1.29, 1.82) is 0 Å². The maximum absolute atomic E-state index is 3.95. The summed E-state index contributed by atoms with van der Waals surface area (Å²) in [6.07, 6.45) is 4.68. The van der Waals surface area contributed by atoms with Crippen molar-refractivity contribution in [3.8, 4) is 0 Å². The van der Waals surface area contributed by atoms with Gasteiger partial charge < -0.3 is 5.32 Å². The first-order chi connectivity index (χ1) is 9.55. The number of nitrogens with zero attached hydrogens (tertiary/aromatic N) is 3. The molecule has 0 radical (unpaired) electrons. The molecule has 0 fully saturated rings. The van der Waals surface area contributed by atoms with Crippen molar-refractivity contribution in [3.05, 3.63) is 42.2 Å². The van der Waals surface area contributed by atoms with E-state index in [9.17, 15) is 0 Å². The normalized spacial score (nSPS) is 11.8. The lowest BCUT2D eigenvalue weighted by molar-refractivity contribution is 0.530. The third-order valence-corrected chi connectivity index (χ3v) is 5.43. The van der Waals surface area contributed by atoms with Gasteiger partial charge in [-0.25, -0.2) is 0 Å². The molecule has 20 heavy (non-hydrogen) atoms. The van der Waals surface area contributed by atoms with Crippen molar-refractivity contribution in [3.63, 3.8) is 0 Å². The van der Waals surface area contributed by atoms with Crippen LogP contribution in [-0.4, -0.2) is 29.6 Å². The molecule has 0 atom stereocenters. The number of aromatic nitrogens is 3. The van der Waals surface area contributed by atoms with E-state index in [0.29, 0.717) is 0 Å². The molecule has 0 unspecified atom stereocenters. The summed E-state index contributed by atoms with van der Waals surface area (Å²) in [6, 6.07) is 9.08. The average Bonchev–Trinajstić information content (AvgIpc) is 2.91. The third-order valence-electron chi connectivity index (χ3n) is 3.36. The molecule has 0 aliphatic rings. The first kappa shape index (κ1) is 14.9. The van der Waals surface area contributed by atoms with Crippen LogP contribution >= 0.6 is 0 Å². The van der Waals surface area contributed by atoms with E-state index in [-0.39, 0.29) is 0 Å². The molecule has 108 valence electrons. The molecule has 1 N–H and O–H groups in total. The highest BCUT2D eigenvalue weighted by molar-refractivity contribution is 6.88. The lowest BCUT2D eigenvalue weighted by Gasteiger charge is -2.16. The lowest BCUT2D eigenvalue weighted by Crippen LogP contribution is -2.37. The fourth-order valence-electron chi connectivity index (χ4n) is 2.07. The summed E-state index contributed by atoms with van der Waals surface area (Å²) in [6.45, 7) is 9.99. The van der Waals surface area contributed by atoms with Gasteiger partial charge in [0.1, 0.15) is 0 Å². The number of hydrogen-bond acceptors (Lipinski definition) is 3. The van der Waals surface area contributed by atoms with Crippen molar-refractivity contribution < 1.29 is 0 Å². The van der Waals surface area contributed by atoms with Crippen LogP contribution in [-0.2, 0) is 13.1 Å². The minimum atomic E-state index is -1.17. The Bertz CT molecular complexity index is 500. The SMILES string of the molecule is C[Si](C)(C)c1ccc(CNCCCn2ccnn2)cc1. The van der Waals surface area contributed by atoms with Crippen molar-refractivity contribution >= 4 is 13.3 Å². The summed E-state index contributed by atoms with van der Waals surface area (Å²) >= 11 is 0. The second kappa shape index (κ2) is 6.81. The maximum atomic E-state index is 3.95. The highest BCUT2D eigenvalue weighted by Gasteiger charge is 2.15. The molecule has 0 bridgehead atoms. The third kappa shape index (κ3) is 4.58. The number of benzene rings is 1. The molecule has 1 heterocycles. The second-order valence-corrected chi connectivity index (χ2v) is 11.2. The molecule has 0 saturated heterocycles. The van der Waals surface area contributed by atoms with E-state index in [4.69, 9.17) is 0 Å². The summed E-state index contributed by atoms with van der Waals surface area (Å²) < 4.78 is 1.87. The van der Waals surface area contributed by atoms with Gasteiger partial charge in [0.15, 0.2) is 0 Å². The predicted octanol–water partition coefficient (Wildman–Crippen LogP) is 2.00. The van der Waals surface area contributed by atoms with E-state index in [1.807, 2.05) is 10.9 Å². The van der Waals surface area contributed by atoms with E-state index < -0.39 is 8.07 Å². The molecule has 1 aromatic heterocycles. The Labute approximate surface area is 122 Å². The summed E-state index contributed by atoms with van der Waals surface area (Å²) in [5, 5.41) is 12.7. The molecule has 2 aromatic rings. The minimum Gasteiger partial charge on any atom is -0.313 e. The average molecular weight is 288 g/mol. The topological polar surface area (TPSA) is 42.7 Å². The van der Waals surface area contributed by atoms with Gasteiger partial charge in [-0.05, 0) is 18.5 Å². The van der Waals surface area contributed by atoms with Gasteiger partial charge in [-0.1, -0.05) is 54.3 Å². The van der Waals surface area contributed by atoms with Crippen LogP contribution in [0, 0.1) is 0 Å². The Kier molecular flexibility index (Phi) is 5.09. The smallest absolute Gasteiger partial charge is 0.0775 e. The van der Waals surface area contributed by atoms with Gasteiger partial charge >= 0.3 is 0 Å². The predicted molar refractivity (Wildman–Crippen MR) is 85.8 cm³/mol. The van der Waals surface area contributed by atoms with Gasteiger partial charge in [-0.3, -0.25) is 4.68 Å². The van der Waals surface area contributed by atoms with Crippen LogP contribution in [0.4, 0.5) is 0 Å². The van der Waals surface area contributed by atoms with Gasteiger partial charge in [-0.15, -0.1) is 5.10 Å². The van der Waals surface area contributed by atoms with E-state index in [2.05, 4.69) is 59.5 Å². The molecule has 2 rings (SSSR count). The van der Waals surface area contributed by atoms with E-state index >= 15 is 0 Å². The molecule has 0 saturated carbocycles. The number of rotatable bonds is 7. The van der Waals surface area contributed by atoms with Crippen LogP contribution in [0.25, 0.3) is 0 Å². The van der Waals surface area contributed by atoms with Crippen molar-refractivity contribution in [1.82, 2.24) is 20.3 Å². The number of aryl methyl sites for hydroxylation is 1. The largest absolute Gasteiger partial charge is 0.313 e. The van der Waals surface area contributed by atoms with Crippen molar-refractivity contribution in [2.45, 2.75) is 39.2 Å². The molecule has 0 aliphatic carbocycles. The van der Waals surface area contributed by atoms with Gasteiger partial charge in [-0.2, -0.15) is 0 Å². The quantitative estimate of drug-likeness (QED) is 0.626. The van der Waals surface area contributed by atoms with Crippen molar-refractivity contribution in [2.24, 2.45) is 0 Å². The Balaban J connectivity index is 1.69. The van der Waals surface area contributed by atoms with Gasteiger partial charge in [0.25, 0.3) is 0 Å². The zero-order valence-electron chi connectivity index (χ0n) is 12.6. The first-order valence-corrected chi connectivity index (χ1v) is 10.7. The van der Waals surface area contributed by atoms with Crippen molar-refractivity contribution in [2.75, 3.05) is 6.54 Å². The van der Waals surface area contributed by atoms with Crippen LogP contribution in [0.2, 0.25) is 19.6 Å². The Hall–Kier alpha value is -1.46. The summed E-state index contributed by atoms with van der Waals surface area (Å²) in [5.41, 5.74) is 1.35. The fraction of sp³-hybridized carbons (Fsp3) is 0.467. The molecule has 0 amide bonds. The van der Waals surface area contributed by atoms with Crippen LogP contribution in [0.5, 0.6) is 0 Å². The molecule has 0 aliphatic heterocycles. The molecule has 0 spiro atoms. The highest BCUT2D eigenvalue weighted by Crippen LogP contribution is 2.04. The van der Waals surface area contributed by atoms with Gasteiger partial charge in [0.05, 0.1) is 14.3 Å². The van der Waals surface area contributed by atoms with Crippen LogP contribution in [0.15, 0.2) is 36.7 Å². The zero-order chi connectivity index (χ0) is 14.4. The summed E-state index contributed by atoms with van der Waals surface area (Å²) in [4.78, 5) is 0. The second-order valence-electron chi connectivity index (χ2n) is 6.14. The summed E-state index contributed by atoms with van der Waals surface area (Å²) in [5.74, 6) is 0. The Morgan fingerprint density at radius 1 is 1.15 bits per heavy atom. The zero-order valence-corrected chi connectivity index (χ0v) is 13.6. The molecule has 1 aromatic carbocycles. The standard InChI is InChI=1S/C15H24N4Si/c1-20(2,3)15-7-5-14(6-8-15)13-16-9-4-11-19-12-10-17-18-19/h5-8,10,12,16H,4,9,11,13H2,1-3H3. The summed E-state index contributed by atoms with van der Waals surface area (Å²) in [7, 11) is -1.17. The molecule has 5 heteroatoms. The molecular weight excluding hydrogens is 264 g/mol. The Morgan fingerprint density at radius 3 is 2.50 bits per heavy atom. The maximum Gasteiger partial charge on any atom is 0.0775 e. The molecular formula is C15H24N4Si. The number of hydrogen-bond donors (Lipinski definition) is 1. The first-order valence-electron chi connectivity index (χ1n) is 7.20. The van der Waals surface area contributed by atoms with E-state index in [1.54, 1.807) is 6.20 Å². The van der Waals surface area contributed by atoms with Crippen LogP contribution in [0.1, 0.15) is 12.0 Å². The Morgan fingerprint density at radius 2 is 1.90 bits per heavy atom. The monoisotopic (exact) mass is 288 g/mol. The highest BCUT2D eigenvalue weighted by atomic mass is 28.3. The minimum absolute atomic E-state index is 0.918. The van der Waals surface area contributed by atoms with E-state index in [0.717, 1.165) is 26.1 Å². The lowest BCUT2D eigenvalue weighted by atomic mass is 10.2. The fourth-order valence-corrected chi connectivity index (χ4v) is 3.24. The van der Waals surface area contributed by atoms with Gasteiger partial charge in [0, 0.05) is 19.3 Å². The molecule has 4 nitrogen and oxygen atoms in total. The van der Waals surface area contributed by atoms with Crippen LogP contribution in [0.3, 0.4) is 0 Å². The van der Waals surface area contributed by atoms with Crippen LogP contribution < -0.4 is 10.5 Å².